The van der Waals surface area contributed by atoms with Crippen molar-refractivity contribution in [1.82, 2.24) is 9.44 Å². The van der Waals surface area contributed by atoms with Gasteiger partial charge in [-0.05, 0) is 49.9 Å². The van der Waals surface area contributed by atoms with E-state index in [4.69, 9.17) is 9.47 Å². The molecule has 4 rings (SSSR count). The van der Waals surface area contributed by atoms with Crippen LogP contribution in [0.4, 0.5) is 8.78 Å². The van der Waals surface area contributed by atoms with E-state index >= 15 is 0 Å². The van der Waals surface area contributed by atoms with Crippen LogP contribution in [0.2, 0.25) is 0 Å². The average molecular weight is 489 g/mol. The summed E-state index contributed by atoms with van der Waals surface area (Å²) in [6, 6.07) is 6.24. The summed E-state index contributed by atoms with van der Waals surface area (Å²) >= 11 is 0. The molecular formula is C20H22F2N2O6S2. The number of halogens is 2. The van der Waals surface area contributed by atoms with Crippen molar-refractivity contribution in [3.05, 3.63) is 48.0 Å². The average Bonchev–Trinajstić information content (AvgIpc) is 2.74. The van der Waals surface area contributed by atoms with Gasteiger partial charge in [-0.25, -0.2) is 35.1 Å². The van der Waals surface area contributed by atoms with Crippen molar-refractivity contribution < 1.29 is 35.1 Å². The Bertz CT molecular complexity index is 1190. The SMILES string of the molecule is O=S(=O)(N[C@H]1CC[C@@H](NS(=O)(=O)c2c(F)cccc2F)CC1)c1ccc2c(c1)OCCO2. The molecule has 0 unspecified atom stereocenters. The highest BCUT2D eigenvalue weighted by Crippen LogP contribution is 2.32. The van der Waals surface area contributed by atoms with Crippen LogP contribution in [0, 0.1) is 11.6 Å². The van der Waals surface area contributed by atoms with Crippen LogP contribution in [0.1, 0.15) is 25.7 Å². The zero-order valence-electron chi connectivity index (χ0n) is 16.9. The van der Waals surface area contributed by atoms with E-state index in [1.807, 2.05) is 0 Å². The molecule has 0 amide bonds. The van der Waals surface area contributed by atoms with Gasteiger partial charge in [-0.1, -0.05) is 6.07 Å². The predicted molar refractivity (Wildman–Crippen MR) is 110 cm³/mol. The third-order valence-electron chi connectivity index (χ3n) is 5.38. The first-order valence-electron chi connectivity index (χ1n) is 10.0. The van der Waals surface area contributed by atoms with Gasteiger partial charge in [0, 0.05) is 18.2 Å². The normalized spacial score (nSPS) is 21.3. The van der Waals surface area contributed by atoms with Crippen LogP contribution < -0.4 is 18.9 Å². The molecule has 0 saturated heterocycles. The molecule has 1 aliphatic heterocycles. The fraction of sp³-hybridized carbons (Fsp3) is 0.400. The highest BCUT2D eigenvalue weighted by Gasteiger charge is 2.31. The summed E-state index contributed by atoms with van der Waals surface area (Å²) in [7, 11) is -8.21. The van der Waals surface area contributed by atoms with Gasteiger partial charge in [0.15, 0.2) is 16.4 Å². The van der Waals surface area contributed by atoms with Gasteiger partial charge in [-0.3, -0.25) is 0 Å². The van der Waals surface area contributed by atoms with Crippen LogP contribution in [0.5, 0.6) is 11.5 Å². The first-order valence-corrected chi connectivity index (χ1v) is 13.0. The summed E-state index contributed by atoms with van der Waals surface area (Å²) in [6.45, 7) is 0.731. The van der Waals surface area contributed by atoms with Crippen LogP contribution in [-0.2, 0) is 20.0 Å². The third-order valence-corrected chi connectivity index (χ3v) is 8.47. The topological polar surface area (TPSA) is 111 Å². The van der Waals surface area contributed by atoms with Crippen LogP contribution in [0.15, 0.2) is 46.2 Å². The fourth-order valence-corrected chi connectivity index (χ4v) is 6.59. The Morgan fingerprint density at radius 2 is 1.28 bits per heavy atom. The van der Waals surface area contributed by atoms with Gasteiger partial charge < -0.3 is 9.47 Å². The number of hydrogen-bond donors (Lipinski definition) is 2. The minimum Gasteiger partial charge on any atom is -0.486 e. The number of sulfonamides is 2. The quantitative estimate of drug-likeness (QED) is 0.646. The molecule has 32 heavy (non-hydrogen) atoms. The summed E-state index contributed by atoms with van der Waals surface area (Å²) in [5, 5.41) is 0. The molecule has 0 bridgehead atoms. The summed E-state index contributed by atoms with van der Waals surface area (Å²) in [6.07, 6.45) is 1.33. The van der Waals surface area contributed by atoms with E-state index in [1.54, 1.807) is 0 Å². The van der Waals surface area contributed by atoms with Crippen molar-refractivity contribution in [2.45, 2.75) is 47.6 Å². The van der Waals surface area contributed by atoms with E-state index in [0.29, 0.717) is 50.4 Å². The van der Waals surface area contributed by atoms with Crippen molar-refractivity contribution in [1.29, 1.82) is 0 Å². The number of rotatable bonds is 6. The molecule has 1 aliphatic carbocycles. The maximum absolute atomic E-state index is 13.9. The lowest BCUT2D eigenvalue weighted by Gasteiger charge is -2.29. The van der Waals surface area contributed by atoms with Gasteiger partial charge in [0.05, 0.1) is 4.90 Å². The monoisotopic (exact) mass is 488 g/mol. The molecule has 2 aromatic rings. The molecule has 1 fully saturated rings. The van der Waals surface area contributed by atoms with E-state index < -0.39 is 48.7 Å². The van der Waals surface area contributed by atoms with Gasteiger partial charge in [-0.2, -0.15) is 0 Å². The van der Waals surface area contributed by atoms with Gasteiger partial charge in [0.1, 0.15) is 24.8 Å². The van der Waals surface area contributed by atoms with Crippen LogP contribution in [-0.4, -0.2) is 42.1 Å². The molecule has 1 heterocycles. The molecule has 0 aromatic heterocycles. The lowest BCUT2D eigenvalue weighted by molar-refractivity contribution is 0.171. The van der Waals surface area contributed by atoms with Crippen molar-refractivity contribution in [3.63, 3.8) is 0 Å². The highest BCUT2D eigenvalue weighted by atomic mass is 32.2. The highest BCUT2D eigenvalue weighted by molar-refractivity contribution is 7.89. The second-order valence-corrected chi connectivity index (χ2v) is 11.0. The zero-order chi connectivity index (χ0) is 22.9. The molecule has 8 nitrogen and oxygen atoms in total. The summed E-state index contributed by atoms with van der Waals surface area (Å²) in [5.74, 6) is -1.50. The van der Waals surface area contributed by atoms with Crippen LogP contribution >= 0.6 is 0 Å². The fourth-order valence-electron chi connectivity index (χ4n) is 3.83. The molecule has 2 aromatic carbocycles. The molecule has 0 radical (unpaired) electrons. The number of fused-ring (bicyclic) bond motifs is 1. The largest absolute Gasteiger partial charge is 0.486 e. The standard InChI is InChI=1S/C20H22F2N2O6S2/c21-16-2-1-3-17(22)20(16)32(27,28)24-14-6-4-13(5-7-14)23-31(25,26)15-8-9-18-19(12-15)30-11-10-29-18/h1-3,8-9,12-14,23-24H,4-7,10-11H2/t13-,14+. The molecule has 0 spiro atoms. The lowest BCUT2D eigenvalue weighted by atomic mass is 9.92. The first-order chi connectivity index (χ1) is 15.2. The molecule has 0 atom stereocenters. The van der Waals surface area contributed by atoms with Crippen LogP contribution in [0.3, 0.4) is 0 Å². The Morgan fingerprint density at radius 3 is 1.88 bits per heavy atom. The maximum Gasteiger partial charge on any atom is 0.246 e. The minimum absolute atomic E-state index is 0.0413. The summed E-state index contributed by atoms with van der Waals surface area (Å²) < 4.78 is 93.9. The Morgan fingerprint density at radius 1 is 0.750 bits per heavy atom. The Hall–Kier alpha value is -2.28. The second-order valence-electron chi connectivity index (χ2n) is 7.65. The van der Waals surface area contributed by atoms with E-state index in [1.165, 1.54) is 18.2 Å². The Kier molecular flexibility index (Phi) is 6.39. The van der Waals surface area contributed by atoms with Crippen LogP contribution in [0.25, 0.3) is 0 Å². The van der Waals surface area contributed by atoms with Crippen molar-refractivity contribution >= 4 is 20.0 Å². The van der Waals surface area contributed by atoms with E-state index in [0.717, 1.165) is 18.2 Å². The molecule has 1 saturated carbocycles. The molecular weight excluding hydrogens is 466 g/mol. The van der Waals surface area contributed by atoms with Gasteiger partial charge in [-0.15, -0.1) is 0 Å². The van der Waals surface area contributed by atoms with E-state index in [2.05, 4.69) is 9.44 Å². The zero-order valence-corrected chi connectivity index (χ0v) is 18.5. The van der Waals surface area contributed by atoms with Gasteiger partial charge in [0.25, 0.3) is 0 Å². The van der Waals surface area contributed by atoms with E-state index in [9.17, 15) is 25.6 Å². The molecule has 174 valence electrons. The summed E-state index contributed by atoms with van der Waals surface area (Å²) in [5.41, 5.74) is 0. The smallest absolute Gasteiger partial charge is 0.246 e. The van der Waals surface area contributed by atoms with Crippen molar-refractivity contribution in [2.75, 3.05) is 13.2 Å². The van der Waals surface area contributed by atoms with Gasteiger partial charge >= 0.3 is 0 Å². The minimum atomic E-state index is -4.39. The maximum atomic E-state index is 13.9. The molecule has 2 aliphatic rings. The second kappa shape index (κ2) is 8.93. The number of nitrogens with one attached hydrogen (secondary N) is 2. The van der Waals surface area contributed by atoms with Crippen molar-refractivity contribution in [2.24, 2.45) is 0 Å². The first kappa shape index (κ1) is 22.9. The molecule has 12 heteroatoms. The van der Waals surface area contributed by atoms with E-state index in [-0.39, 0.29) is 4.90 Å². The lowest BCUT2D eigenvalue weighted by Crippen LogP contribution is -2.44. The number of benzene rings is 2. The summed E-state index contributed by atoms with van der Waals surface area (Å²) in [4.78, 5) is -0.971. The van der Waals surface area contributed by atoms with Crippen molar-refractivity contribution in [3.8, 4) is 11.5 Å². The number of ether oxygens (including phenoxy) is 2. The third kappa shape index (κ3) is 4.87. The molecule has 2 N–H and O–H groups in total. The van der Waals surface area contributed by atoms with Gasteiger partial charge in [0.2, 0.25) is 20.0 Å². The number of hydrogen-bond acceptors (Lipinski definition) is 6. The predicted octanol–water partition coefficient (Wildman–Crippen LogP) is 2.30. The Balaban J connectivity index is 1.38. The Labute approximate surface area is 185 Å².